The number of methoxy groups -OCH3 is 1. The number of carbonyl (C=O) groups excluding carboxylic acids is 1. The third-order valence-corrected chi connectivity index (χ3v) is 6.24. The van der Waals surface area contributed by atoms with Crippen LogP contribution in [0.3, 0.4) is 0 Å². The van der Waals surface area contributed by atoms with Gasteiger partial charge in [0.1, 0.15) is 6.61 Å². The van der Waals surface area contributed by atoms with E-state index in [4.69, 9.17) is 9.47 Å². The van der Waals surface area contributed by atoms with Crippen LogP contribution in [0.5, 0.6) is 11.5 Å². The zero-order valence-electron chi connectivity index (χ0n) is 19.8. The standard InChI is InChI=1S/C28H26BrN3O3/c1-19-9-10-20(2)32(19)24-13-11-22(12-14-24)28(33)31-30-17-23-15-26(34-3)27(16-25(23)29)35-18-21-7-5-4-6-8-21/h4-17H,18H2,1-3H3,(H,31,33)/b30-17+. The van der Waals surface area contributed by atoms with Crippen LogP contribution in [0.1, 0.15) is 32.9 Å². The quantitative estimate of drug-likeness (QED) is 0.217. The van der Waals surface area contributed by atoms with Gasteiger partial charge in [0.25, 0.3) is 5.91 Å². The molecule has 0 aliphatic heterocycles. The Morgan fingerprint density at radius 2 is 1.66 bits per heavy atom. The van der Waals surface area contributed by atoms with Crippen molar-refractivity contribution in [3.8, 4) is 17.2 Å². The molecule has 0 fully saturated rings. The summed E-state index contributed by atoms with van der Waals surface area (Å²) in [5.41, 5.74) is 8.19. The van der Waals surface area contributed by atoms with E-state index < -0.39 is 0 Å². The molecule has 4 rings (SSSR count). The maximum atomic E-state index is 12.6. The third-order valence-electron chi connectivity index (χ3n) is 5.55. The fourth-order valence-electron chi connectivity index (χ4n) is 3.72. The molecule has 4 aromatic rings. The third kappa shape index (κ3) is 5.81. The Kier molecular flexibility index (Phi) is 7.67. The minimum atomic E-state index is -0.292. The van der Waals surface area contributed by atoms with Gasteiger partial charge in [-0.2, -0.15) is 5.10 Å². The zero-order chi connectivity index (χ0) is 24.8. The molecule has 0 saturated carbocycles. The van der Waals surface area contributed by atoms with E-state index in [9.17, 15) is 4.79 Å². The highest BCUT2D eigenvalue weighted by atomic mass is 79.9. The molecule has 35 heavy (non-hydrogen) atoms. The molecule has 1 N–H and O–H groups in total. The molecule has 0 bridgehead atoms. The lowest BCUT2D eigenvalue weighted by Gasteiger charge is -2.13. The summed E-state index contributed by atoms with van der Waals surface area (Å²) in [7, 11) is 1.59. The van der Waals surface area contributed by atoms with Crippen LogP contribution in [0, 0.1) is 13.8 Å². The van der Waals surface area contributed by atoms with E-state index in [0.29, 0.717) is 23.7 Å². The maximum Gasteiger partial charge on any atom is 0.271 e. The summed E-state index contributed by atoms with van der Waals surface area (Å²) in [6, 6.07) is 25.1. The van der Waals surface area contributed by atoms with Crippen LogP contribution >= 0.6 is 15.9 Å². The number of hydrazone groups is 1. The van der Waals surface area contributed by atoms with Gasteiger partial charge in [-0.15, -0.1) is 0 Å². The average Bonchev–Trinajstić information content (AvgIpc) is 3.22. The Morgan fingerprint density at radius 1 is 0.971 bits per heavy atom. The van der Waals surface area contributed by atoms with Gasteiger partial charge in [0.05, 0.1) is 13.3 Å². The summed E-state index contributed by atoms with van der Waals surface area (Å²) in [5.74, 6) is 0.889. The summed E-state index contributed by atoms with van der Waals surface area (Å²) in [6.07, 6.45) is 1.56. The van der Waals surface area contributed by atoms with Gasteiger partial charge in [-0.1, -0.05) is 30.3 Å². The van der Waals surface area contributed by atoms with Crippen molar-refractivity contribution in [1.29, 1.82) is 0 Å². The van der Waals surface area contributed by atoms with E-state index in [0.717, 1.165) is 32.7 Å². The van der Waals surface area contributed by atoms with Crippen LogP contribution in [0.2, 0.25) is 0 Å². The summed E-state index contributed by atoms with van der Waals surface area (Å²) >= 11 is 3.55. The predicted molar refractivity (Wildman–Crippen MR) is 142 cm³/mol. The number of rotatable bonds is 8. The second kappa shape index (κ2) is 11.1. The first-order valence-corrected chi connectivity index (χ1v) is 11.9. The fraction of sp³-hybridized carbons (Fsp3) is 0.143. The first-order chi connectivity index (χ1) is 17.0. The van der Waals surface area contributed by atoms with E-state index in [1.807, 2.05) is 48.5 Å². The van der Waals surface area contributed by atoms with E-state index in [-0.39, 0.29) is 5.91 Å². The van der Waals surface area contributed by atoms with Crippen LogP contribution in [-0.2, 0) is 6.61 Å². The minimum absolute atomic E-state index is 0.292. The second-order valence-corrected chi connectivity index (χ2v) is 8.85. The lowest BCUT2D eigenvalue weighted by molar-refractivity contribution is 0.0955. The molecular weight excluding hydrogens is 506 g/mol. The van der Waals surface area contributed by atoms with E-state index in [1.165, 1.54) is 0 Å². The molecule has 0 radical (unpaired) electrons. The number of amides is 1. The lowest BCUT2D eigenvalue weighted by Crippen LogP contribution is -2.17. The molecule has 0 spiro atoms. The SMILES string of the molecule is COc1cc(/C=N/NC(=O)c2ccc(-n3c(C)ccc3C)cc2)c(Br)cc1OCc1ccccc1. The molecule has 7 heteroatoms. The maximum absolute atomic E-state index is 12.6. The van der Waals surface area contributed by atoms with Crippen molar-refractivity contribution in [2.24, 2.45) is 5.10 Å². The minimum Gasteiger partial charge on any atom is -0.493 e. The van der Waals surface area contributed by atoms with Crippen molar-refractivity contribution in [3.05, 3.63) is 111 Å². The first-order valence-electron chi connectivity index (χ1n) is 11.1. The van der Waals surface area contributed by atoms with Gasteiger partial charge in [0, 0.05) is 32.7 Å². The Balaban J connectivity index is 1.41. The van der Waals surface area contributed by atoms with Gasteiger partial charge in [-0.3, -0.25) is 4.79 Å². The van der Waals surface area contributed by atoms with Crippen molar-refractivity contribution in [1.82, 2.24) is 9.99 Å². The summed E-state index contributed by atoms with van der Waals surface area (Å²) in [5, 5.41) is 4.12. The van der Waals surface area contributed by atoms with E-state index in [1.54, 1.807) is 31.5 Å². The number of nitrogens with one attached hydrogen (secondary N) is 1. The van der Waals surface area contributed by atoms with Crippen LogP contribution in [0.4, 0.5) is 0 Å². The molecule has 1 aromatic heterocycles. The Labute approximate surface area is 213 Å². The normalized spacial score (nSPS) is 11.0. The predicted octanol–water partition coefficient (Wildman–Crippen LogP) is 6.21. The molecule has 0 unspecified atom stereocenters. The molecule has 178 valence electrons. The Hall–Kier alpha value is -3.84. The number of aryl methyl sites for hydroxylation is 2. The highest BCUT2D eigenvalue weighted by molar-refractivity contribution is 9.10. The molecule has 3 aromatic carbocycles. The van der Waals surface area contributed by atoms with Crippen molar-refractivity contribution in [2.75, 3.05) is 7.11 Å². The van der Waals surface area contributed by atoms with Crippen LogP contribution in [-0.4, -0.2) is 23.8 Å². The van der Waals surface area contributed by atoms with Gasteiger partial charge in [-0.25, -0.2) is 5.43 Å². The largest absolute Gasteiger partial charge is 0.493 e. The van der Waals surface area contributed by atoms with Gasteiger partial charge < -0.3 is 14.0 Å². The Bertz CT molecular complexity index is 1330. The lowest BCUT2D eigenvalue weighted by atomic mass is 10.2. The molecule has 1 amide bonds. The summed E-state index contributed by atoms with van der Waals surface area (Å²) < 4.78 is 14.3. The number of hydrogen-bond donors (Lipinski definition) is 1. The average molecular weight is 532 g/mol. The highest BCUT2D eigenvalue weighted by Gasteiger charge is 2.11. The molecular formula is C28H26BrN3O3. The van der Waals surface area contributed by atoms with Gasteiger partial charge >= 0.3 is 0 Å². The number of aromatic nitrogens is 1. The molecule has 0 aliphatic carbocycles. The van der Waals surface area contributed by atoms with Gasteiger partial charge in [0.2, 0.25) is 0 Å². The molecule has 0 saturated heterocycles. The van der Waals surface area contributed by atoms with E-state index >= 15 is 0 Å². The number of nitrogens with zero attached hydrogens (tertiary/aromatic N) is 2. The zero-order valence-corrected chi connectivity index (χ0v) is 21.4. The number of benzene rings is 3. The van der Waals surface area contributed by atoms with Crippen LogP contribution < -0.4 is 14.9 Å². The van der Waals surface area contributed by atoms with Crippen molar-refractivity contribution >= 4 is 28.1 Å². The van der Waals surface area contributed by atoms with Gasteiger partial charge in [-0.05, 0) is 83.9 Å². The van der Waals surface area contributed by atoms with Crippen molar-refractivity contribution in [3.63, 3.8) is 0 Å². The summed E-state index contributed by atoms with van der Waals surface area (Å²) in [6.45, 7) is 4.53. The second-order valence-electron chi connectivity index (χ2n) is 8.00. The number of carbonyl (C=O) groups is 1. The Morgan fingerprint density at radius 3 is 2.31 bits per heavy atom. The smallest absolute Gasteiger partial charge is 0.271 e. The monoisotopic (exact) mass is 531 g/mol. The number of ether oxygens (including phenoxy) is 2. The van der Waals surface area contributed by atoms with Crippen LogP contribution in [0.25, 0.3) is 5.69 Å². The van der Waals surface area contributed by atoms with Crippen molar-refractivity contribution < 1.29 is 14.3 Å². The highest BCUT2D eigenvalue weighted by Crippen LogP contribution is 2.33. The van der Waals surface area contributed by atoms with Crippen LogP contribution in [0.15, 0.2) is 88.4 Å². The number of hydrogen-bond acceptors (Lipinski definition) is 4. The number of halogens is 1. The van der Waals surface area contributed by atoms with Crippen molar-refractivity contribution in [2.45, 2.75) is 20.5 Å². The van der Waals surface area contributed by atoms with Gasteiger partial charge in [0.15, 0.2) is 11.5 Å². The molecule has 0 atom stereocenters. The molecule has 0 aliphatic rings. The molecule has 6 nitrogen and oxygen atoms in total. The topological polar surface area (TPSA) is 64.8 Å². The fourth-order valence-corrected chi connectivity index (χ4v) is 4.14. The first kappa shape index (κ1) is 24.3. The van der Waals surface area contributed by atoms with E-state index in [2.05, 4.69) is 57.0 Å². The summed E-state index contributed by atoms with van der Waals surface area (Å²) in [4.78, 5) is 12.6. The molecule has 1 heterocycles.